The summed E-state index contributed by atoms with van der Waals surface area (Å²) in [5, 5.41) is 13.3. The van der Waals surface area contributed by atoms with Crippen molar-refractivity contribution < 1.29 is 12.8 Å². The number of halogens is 2. The minimum atomic E-state index is -3.98. The van der Waals surface area contributed by atoms with Gasteiger partial charge in [-0.25, -0.2) is 28.5 Å². The third-order valence-electron chi connectivity index (χ3n) is 5.07. The summed E-state index contributed by atoms with van der Waals surface area (Å²) in [5.74, 6) is -0.618. The lowest BCUT2D eigenvalue weighted by Crippen LogP contribution is -2.13. The molecule has 9 nitrogen and oxygen atoms in total. The van der Waals surface area contributed by atoms with Crippen LogP contribution >= 0.6 is 11.6 Å². The van der Waals surface area contributed by atoms with Crippen LogP contribution in [-0.2, 0) is 10.0 Å². The van der Waals surface area contributed by atoms with Gasteiger partial charge in [0.25, 0.3) is 0 Å². The van der Waals surface area contributed by atoms with Gasteiger partial charge in [-0.2, -0.15) is 9.49 Å². The highest BCUT2D eigenvalue weighted by Crippen LogP contribution is 2.35. The number of benzene rings is 1. The second-order valence-corrected chi connectivity index (χ2v) is 9.05. The number of nitrogens with zero attached hydrogens (tertiary/aromatic N) is 5. The van der Waals surface area contributed by atoms with Gasteiger partial charge in [0.2, 0.25) is 16.0 Å². The molecule has 3 radical (unpaired) electrons. The van der Waals surface area contributed by atoms with Gasteiger partial charge < -0.3 is 0 Å². The van der Waals surface area contributed by atoms with Crippen molar-refractivity contribution >= 4 is 32.7 Å². The Morgan fingerprint density at radius 3 is 2.41 bits per heavy atom. The molecule has 5 rings (SSSR count). The molecule has 0 spiro atoms. The maximum atomic E-state index is 13.6. The molecule has 4 heterocycles. The maximum absolute atomic E-state index is 13.6. The number of H-pyrrole nitrogens is 1. The molecule has 1 aromatic carbocycles. The topological polar surface area (TPSA) is 158 Å². The van der Waals surface area contributed by atoms with Gasteiger partial charge in [-0.05, 0) is 24.3 Å². The molecular weight excluding hydrogens is 481 g/mol. The van der Waals surface area contributed by atoms with Gasteiger partial charge in [-0.1, -0.05) is 29.8 Å². The largest absolute Gasteiger partial charge is 0.260 e. The molecule has 169 valence electrons. The zero-order valence-electron chi connectivity index (χ0n) is 17.1. The monoisotopic (exact) mass is 494 g/mol. The molecule has 5 aromatic rings. The first-order valence-corrected chi connectivity index (χ1v) is 11.5. The molecule has 0 bridgehead atoms. The molecule has 0 aliphatic rings. The average molecular weight is 495 g/mol. The van der Waals surface area contributed by atoms with Crippen LogP contribution in [0, 0.1) is 5.95 Å². The van der Waals surface area contributed by atoms with Gasteiger partial charge in [0.05, 0.1) is 4.90 Å². The second-order valence-electron chi connectivity index (χ2n) is 7.16. The third-order valence-corrected chi connectivity index (χ3v) is 6.34. The molecule has 0 aliphatic heterocycles. The van der Waals surface area contributed by atoms with Gasteiger partial charge in [0.1, 0.15) is 10.8 Å². The Morgan fingerprint density at radius 2 is 1.65 bits per heavy atom. The number of nitrogens with two attached hydrogens (primary N) is 1. The van der Waals surface area contributed by atoms with E-state index in [1.807, 2.05) is 6.07 Å². The highest BCUT2D eigenvalue weighted by Gasteiger charge is 2.18. The van der Waals surface area contributed by atoms with Crippen molar-refractivity contribution in [1.29, 1.82) is 0 Å². The van der Waals surface area contributed by atoms with E-state index in [4.69, 9.17) is 16.7 Å². The Morgan fingerprint density at radius 1 is 0.912 bits per heavy atom. The Kier molecular flexibility index (Phi) is 6.11. The molecule has 0 aliphatic carbocycles. The van der Waals surface area contributed by atoms with Crippen molar-refractivity contribution in [2.45, 2.75) is 4.90 Å². The number of hydrogen-bond donors (Lipinski definition) is 2. The van der Waals surface area contributed by atoms with Crippen LogP contribution < -0.4 is 11.3 Å². The Labute approximate surface area is 198 Å². The molecule has 3 N–H and O–H groups in total. The Balaban J connectivity index is 0.00000274. The van der Waals surface area contributed by atoms with E-state index in [1.54, 1.807) is 42.7 Å². The number of nitrogens with one attached hydrogen (secondary N) is 1. The normalized spacial score (nSPS) is 11.4. The summed E-state index contributed by atoms with van der Waals surface area (Å²) >= 11 is 6.32. The minimum absolute atomic E-state index is 0. The molecule has 34 heavy (non-hydrogen) atoms. The van der Waals surface area contributed by atoms with Crippen molar-refractivity contribution in [3.8, 4) is 33.5 Å². The fourth-order valence-electron chi connectivity index (χ4n) is 3.56. The summed E-state index contributed by atoms with van der Waals surface area (Å²) in [7, 11) is -3.98. The van der Waals surface area contributed by atoms with E-state index in [9.17, 15) is 12.8 Å². The molecule has 4 aromatic heterocycles. The number of sulfonamides is 1. The van der Waals surface area contributed by atoms with Crippen LogP contribution in [0.4, 0.5) is 4.39 Å². The molecule has 0 unspecified atom stereocenters. The third kappa shape index (κ3) is 4.24. The van der Waals surface area contributed by atoms with E-state index in [0.29, 0.717) is 44.5 Å². The molecular formula is C22H14ClFN7O2S. The van der Waals surface area contributed by atoms with Gasteiger partial charge in [-0.3, -0.25) is 5.10 Å². The smallest absolute Gasteiger partial charge is 0.238 e. The maximum Gasteiger partial charge on any atom is 0.238 e. The number of aromatic nitrogens is 5. The minimum Gasteiger partial charge on any atom is -0.260 e. The molecule has 0 amide bonds. The first kappa shape index (κ1) is 23.4. The van der Waals surface area contributed by atoms with E-state index in [1.165, 1.54) is 18.3 Å². The number of pyridine rings is 3. The fraction of sp³-hybridized carbons (Fsp3) is 0. The molecule has 0 atom stereocenters. The zero-order chi connectivity index (χ0) is 23.2. The lowest BCUT2D eigenvalue weighted by molar-refractivity contribution is 0.584. The van der Waals surface area contributed by atoms with Gasteiger partial charge in [-0.15, -0.1) is 0 Å². The lowest BCUT2D eigenvalue weighted by Gasteiger charge is -2.11. The second kappa shape index (κ2) is 8.88. The number of aromatic amines is 1. The van der Waals surface area contributed by atoms with Crippen LogP contribution in [0.1, 0.15) is 0 Å². The van der Waals surface area contributed by atoms with Crippen molar-refractivity contribution in [2.24, 2.45) is 5.14 Å². The summed E-state index contributed by atoms with van der Waals surface area (Å²) < 4.78 is 37.8. The molecule has 0 saturated carbocycles. The molecule has 0 saturated heterocycles. The molecule has 0 fully saturated rings. The van der Waals surface area contributed by atoms with Crippen LogP contribution in [0.15, 0.2) is 72.0 Å². The van der Waals surface area contributed by atoms with Crippen LogP contribution in [0.3, 0.4) is 0 Å². The number of hydrogen-bond acceptors (Lipinski definition) is 6. The van der Waals surface area contributed by atoms with Gasteiger partial charge >= 0.3 is 0 Å². The van der Waals surface area contributed by atoms with E-state index in [-0.39, 0.29) is 16.2 Å². The van der Waals surface area contributed by atoms with Crippen molar-refractivity contribution in [2.75, 3.05) is 0 Å². The van der Waals surface area contributed by atoms with Crippen LogP contribution in [0.5, 0.6) is 0 Å². The summed E-state index contributed by atoms with van der Waals surface area (Å²) in [5.41, 5.74) is 3.64. The van der Waals surface area contributed by atoms with E-state index in [0.717, 1.165) is 0 Å². The quantitative estimate of drug-likeness (QED) is 0.362. The van der Waals surface area contributed by atoms with Crippen molar-refractivity contribution in [3.05, 3.63) is 78.2 Å². The first-order valence-electron chi connectivity index (χ1n) is 9.55. The van der Waals surface area contributed by atoms with Crippen LogP contribution in [-0.4, -0.2) is 33.6 Å². The highest BCUT2D eigenvalue weighted by atomic mass is 35.5. The Hall–Kier alpha value is -3.77. The SMILES string of the molecule is NS(=O)(=O)c1ccccc1-c1cc(-c2cnc3[nH]nc(-c4ccnc(F)c4)c3c2)cnc1Cl.[N]. The van der Waals surface area contributed by atoms with E-state index in [2.05, 4.69) is 25.1 Å². The number of primary sulfonamides is 1. The lowest BCUT2D eigenvalue weighted by atomic mass is 10.0. The summed E-state index contributed by atoms with van der Waals surface area (Å²) in [6.45, 7) is 0. The van der Waals surface area contributed by atoms with E-state index < -0.39 is 16.0 Å². The predicted molar refractivity (Wildman–Crippen MR) is 124 cm³/mol. The first-order chi connectivity index (χ1) is 15.8. The van der Waals surface area contributed by atoms with Crippen molar-refractivity contribution in [1.82, 2.24) is 31.3 Å². The average Bonchev–Trinajstić information content (AvgIpc) is 3.22. The predicted octanol–water partition coefficient (Wildman–Crippen LogP) is 3.71. The number of fused-ring (bicyclic) bond motifs is 1. The number of rotatable bonds is 4. The summed E-state index contributed by atoms with van der Waals surface area (Å²) in [6, 6.07) is 12.8. The van der Waals surface area contributed by atoms with Crippen LogP contribution in [0.25, 0.3) is 44.5 Å². The molecule has 12 heteroatoms. The van der Waals surface area contributed by atoms with E-state index >= 15 is 0 Å². The Bertz CT molecular complexity index is 1640. The summed E-state index contributed by atoms with van der Waals surface area (Å²) in [6.07, 6.45) is 4.54. The van der Waals surface area contributed by atoms with Crippen molar-refractivity contribution in [3.63, 3.8) is 0 Å². The highest BCUT2D eigenvalue weighted by molar-refractivity contribution is 7.89. The standard InChI is InChI=1S/C22H14ClFN6O2S.N/c23-21-16(15-3-1-2-4-18(15)33(25,31)32)7-13(10-27-21)14-8-17-20(29-30-22(17)28-11-14)12-5-6-26-19(24)9-12;/h1-11H,(H2,25,31,32)(H,28,29,30);. The zero-order valence-corrected chi connectivity index (χ0v) is 18.7. The van der Waals surface area contributed by atoms with Crippen LogP contribution in [0.2, 0.25) is 5.15 Å². The van der Waals surface area contributed by atoms with Gasteiger partial charge in [0, 0.05) is 64.0 Å². The summed E-state index contributed by atoms with van der Waals surface area (Å²) in [4.78, 5) is 12.2. The van der Waals surface area contributed by atoms with Gasteiger partial charge in [0.15, 0.2) is 5.65 Å². The fourth-order valence-corrected chi connectivity index (χ4v) is 4.52.